The van der Waals surface area contributed by atoms with Crippen molar-refractivity contribution in [3.05, 3.63) is 16.1 Å². The summed E-state index contributed by atoms with van der Waals surface area (Å²) in [6.07, 6.45) is 0. The van der Waals surface area contributed by atoms with Gasteiger partial charge in [-0.15, -0.1) is 11.3 Å². The second-order valence-corrected chi connectivity index (χ2v) is 11.4. The van der Waals surface area contributed by atoms with E-state index in [4.69, 9.17) is 14.7 Å². The maximum atomic E-state index is 8.60. The summed E-state index contributed by atoms with van der Waals surface area (Å²) in [5.41, 5.74) is 0.792. The lowest BCUT2D eigenvalue weighted by Crippen LogP contribution is -2.22. The Morgan fingerprint density at radius 3 is 2.76 bits per heavy atom. The largest absolute Gasteiger partial charge is 0.356 e. The molecule has 1 heterocycles. The minimum absolute atomic E-state index is 0.296. The molecule has 0 saturated carbocycles. The molecule has 0 N–H and O–H groups in total. The Bertz CT molecular complexity index is 382. The van der Waals surface area contributed by atoms with Gasteiger partial charge in [0.2, 0.25) is 0 Å². The zero-order chi connectivity index (χ0) is 12.7. The van der Waals surface area contributed by atoms with E-state index in [1.54, 1.807) is 0 Å². The van der Waals surface area contributed by atoms with Crippen molar-refractivity contribution in [2.24, 2.45) is 0 Å². The van der Waals surface area contributed by atoms with Crippen LogP contribution in [0, 0.1) is 11.3 Å². The summed E-state index contributed by atoms with van der Waals surface area (Å²) in [4.78, 5) is 4.07. The SMILES string of the molecule is C[Si](C)(C)CCOCOCc1csc(C#N)n1. The average molecular weight is 270 g/mol. The molecular weight excluding hydrogens is 252 g/mol. The first-order valence-electron chi connectivity index (χ1n) is 5.51. The fourth-order valence-corrected chi connectivity index (χ4v) is 2.41. The van der Waals surface area contributed by atoms with Crippen molar-refractivity contribution in [1.82, 2.24) is 4.98 Å². The van der Waals surface area contributed by atoms with Gasteiger partial charge in [0.1, 0.15) is 12.9 Å². The average Bonchev–Trinajstić information content (AvgIpc) is 2.69. The Morgan fingerprint density at radius 2 is 2.18 bits per heavy atom. The van der Waals surface area contributed by atoms with Crippen LogP contribution >= 0.6 is 11.3 Å². The third kappa shape index (κ3) is 6.53. The lowest BCUT2D eigenvalue weighted by molar-refractivity contribution is -0.0581. The molecule has 0 aliphatic carbocycles. The van der Waals surface area contributed by atoms with E-state index in [9.17, 15) is 0 Å². The highest BCUT2D eigenvalue weighted by atomic mass is 32.1. The number of hydrogen-bond donors (Lipinski definition) is 0. The molecule has 0 spiro atoms. The highest BCUT2D eigenvalue weighted by Crippen LogP contribution is 2.10. The van der Waals surface area contributed by atoms with E-state index in [0.29, 0.717) is 18.4 Å². The number of rotatable bonds is 7. The van der Waals surface area contributed by atoms with Gasteiger partial charge in [0.05, 0.1) is 12.3 Å². The molecule has 0 radical (unpaired) electrons. The fourth-order valence-electron chi connectivity index (χ4n) is 1.07. The van der Waals surface area contributed by atoms with Gasteiger partial charge in [0.25, 0.3) is 0 Å². The number of ether oxygens (including phenoxy) is 2. The van der Waals surface area contributed by atoms with Gasteiger partial charge in [0.15, 0.2) is 5.01 Å². The third-order valence-corrected chi connectivity index (χ3v) is 4.56. The third-order valence-electron chi connectivity index (χ3n) is 2.06. The first-order valence-corrected chi connectivity index (χ1v) is 10.1. The smallest absolute Gasteiger partial charge is 0.194 e. The Labute approximate surface area is 107 Å². The van der Waals surface area contributed by atoms with Crippen LogP contribution < -0.4 is 0 Å². The van der Waals surface area contributed by atoms with Crippen molar-refractivity contribution < 1.29 is 9.47 Å². The molecule has 0 atom stereocenters. The van der Waals surface area contributed by atoms with Crippen molar-refractivity contribution >= 4 is 19.4 Å². The van der Waals surface area contributed by atoms with E-state index < -0.39 is 8.07 Å². The molecule has 0 amide bonds. The van der Waals surface area contributed by atoms with Gasteiger partial charge >= 0.3 is 0 Å². The van der Waals surface area contributed by atoms with Crippen molar-refractivity contribution in [2.75, 3.05) is 13.4 Å². The minimum atomic E-state index is -1.01. The molecule has 17 heavy (non-hydrogen) atoms. The molecule has 0 fully saturated rings. The van der Waals surface area contributed by atoms with Gasteiger partial charge in [-0.05, 0) is 6.04 Å². The first-order chi connectivity index (χ1) is 8.01. The van der Waals surface area contributed by atoms with Crippen LogP contribution in [-0.4, -0.2) is 26.5 Å². The standard InChI is InChI=1S/C11H18N2O2SSi/c1-17(2,3)5-4-14-9-15-7-10-8-16-11(6-12)13-10/h8H,4-5,7,9H2,1-3H3. The molecule has 0 bridgehead atoms. The summed E-state index contributed by atoms with van der Waals surface area (Å²) < 4.78 is 10.7. The summed E-state index contributed by atoms with van der Waals surface area (Å²) in [6.45, 7) is 8.41. The van der Waals surface area contributed by atoms with E-state index >= 15 is 0 Å². The van der Waals surface area contributed by atoms with Gasteiger partial charge in [-0.3, -0.25) is 0 Å². The molecule has 0 aromatic carbocycles. The van der Waals surface area contributed by atoms with Crippen molar-refractivity contribution in [2.45, 2.75) is 32.3 Å². The number of aromatic nitrogens is 1. The van der Waals surface area contributed by atoms with Crippen molar-refractivity contribution in [1.29, 1.82) is 5.26 Å². The van der Waals surface area contributed by atoms with Crippen molar-refractivity contribution in [3.8, 4) is 6.07 Å². The normalized spacial score (nSPS) is 11.4. The zero-order valence-corrected chi connectivity index (χ0v) is 12.3. The molecule has 4 nitrogen and oxygen atoms in total. The second kappa shape index (κ2) is 6.86. The number of hydrogen-bond acceptors (Lipinski definition) is 5. The predicted octanol–water partition coefficient (Wildman–Crippen LogP) is 2.84. The maximum absolute atomic E-state index is 8.60. The van der Waals surface area contributed by atoms with Crippen LogP contribution in [0.4, 0.5) is 0 Å². The van der Waals surface area contributed by atoms with Crippen LogP contribution in [0.5, 0.6) is 0 Å². The Morgan fingerprint density at radius 1 is 1.41 bits per heavy atom. The Hall–Kier alpha value is -0.743. The van der Waals surface area contributed by atoms with Gasteiger partial charge in [-0.1, -0.05) is 19.6 Å². The molecule has 6 heteroatoms. The number of nitriles is 1. The number of nitrogens with zero attached hydrogens (tertiary/aromatic N) is 2. The van der Waals surface area contributed by atoms with Crippen LogP contribution in [0.3, 0.4) is 0 Å². The minimum Gasteiger partial charge on any atom is -0.356 e. The molecule has 0 saturated heterocycles. The summed E-state index contributed by atoms with van der Waals surface area (Å²) in [5, 5.41) is 10.9. The fraction of sp³-hybridized carbons (Fsp3) is 0.636. The van der Waals surface area contributed by atoms with Crippen LogP contribution in [-0.2, 0) is 16.1 Å². The summed E-state index contributed by atoms with van der Waals surface area (Å²) in [5.74, 6) is 0. The lowest BCUT2D eigenvalue weighted by atomic mass is 10.5. The van der Waals surface area contributed by atoms with E-state index in [2.05, 4.69) is 24.6 Å². The molecule has 1 aromatic heterocycles. The van der Waals surface area contributed by atoms with E-state index in [1.807, 2.05) is 11.4 Å². The first kappa shape index (κ1) is 14.3. The van der Waals surface area contributed by atoms with Crippen LogP contribution in [0.15, 0.2) is 5.38 Å². The molecule has 1 aromatic rings. The van der Waals surface area contributed by atoms with E-state index in [-0.39, 0.29) is 0 Å². The summed E-state index contributed by atoms with van der Waals surface area (Å²) in [6, 6.07) is 3.14. The van der Waals surface area contributed by atoms with Gasteiger partial charge < -0.3 is 9.47 Å². The van der Waals surface area contributed by atoms with E-state index in [0.717, 1.165) is 18.3 Å². The second-order valence-electron chi connectivity index (χ2n) is 4.94. The summed E-state index contributed by atoms with van der Waals surface area (Å²) >= 11 is 1.33. The maximum Gasteiger partial charge on any atom is 0.194 e. The Kier molecular flexibility index (Phi) is 5.78. The molecular formula is C11H18N2O2SSi. The Balaban J connectivity index is 2.07. The predicted molar refractivity (Wildman–Crippen MR) is 70.6 cm³/mol. The van der Waals surface area contributed by atoms with Crippen LogP contribution in [0.1, 0.15) is 10.7 Å². The molecule has 0 aliphatic heterocycles. The van der Waals surface area contributed by atoms with Gasteiger partial charge in [-0.25, -0.2) is 4.98 Å². The van der Waals surface area contributed by atoms with Gasteiger partial charge in [-0.2, -0.15) is 5.26 Å². The molecule has 0 unspecified atom stereocenters. The van der Waals surface area contributed by atoms with Gasteiger partial charge in [0, 0.05) is 20.1 Å². The summed E-state index contributed by atoms with van der Waals surface area (Å²) in [7, 11) is -1.01. The monoisotopic (exact) mass is 270 g/mol. The lowest BCUT2D eigenvalue weighted by Gasteiger charge is -2.15. The van der Waals surface area contributed by atoms with Crippen LogP contribution in [0.2, 0.25) is 25.7 Å². The topological polar surface area (TPSA) is 55.1 Å². The quantitative estimate of drug-likeness (QED) is 0.434. The molecule has 94 valence electrons. The molecule has 1 rings (SSSR count). The van der Waals surface area contributed by atoms with Crippen molar-refractivity contribution in [3.63, 3.8) is 0 Å². The van der Waals surface area contributed by atoms with E-state index in [1.165, 1.54) is 11.3 Å². The zero-order valence-electron chi connectivity index (χ0n) is 10.5. The van der Waals surface area contributed by atoms with Crippen LogP contribution in [0.25, 0.3) is 0 Å². The molecule has 0 aliphatic rings. The highest BCUT2D eigenvalue weighted by Gasteiger charge is 2.11. The highest BCUT2D eigenvalue weighted by molar-refractivity contribution is 7.10. The number of thiazole rings is 1.